The van der Waals surface area contributed by atoms with Gasteiger partial charge in [0.15, 0.2) is 0 Å². The maximum atomic E-state index is 5.53. The van der Waals surface area contributed by atoms with Crippen LogP contribution in [0.25, 0.3) is 0 Å². The van der Waals surface area contributed by atoms with Crippen LogP contribution in [0.5, 0.6) is 5.75 Å². The molecule has 20 heavy (non-hydrogen) atoms. The van der Waals surface area contributed by atoms with E-state index in [2.05, 4.69) is 62.4 Å². The van der Waals surface area contributed by atoms with Crippen molar-refractivity contribution in [1.82, 2.24) is 10.2 Å². The zero-order valence-corrected chi connectivity index (χ0v) is 13.9. The van der Waals surface area contributed by atoms with E-state index in [0.29, 0.717) is 12.6 Å². The van der Waals surface area contributed by atoms with Gasteiger partial charge in [0.2, 0.25) is 0 Å². The van der Waals surface area contributed by atoms with Crippen molar-refractivity contribution in [3.8, 4) is 5.75 Å². The van der Waals surface area contributed by atoms with Crippen molar-refractivity contribution >= 4 is 0 Å². The summed E-state index contributed by atoms with van der Waals surface area (Å²) in [6, 6.07) is 8.79. The van der Waals surface area contributed by atoms with Crippen LogP contribution in [0.4, 0.5) is 0 Å². The summed E-state index contributed by atoms with van der Waals surface area (Å²) >= 11 is 0. The number of hydrogen-bond donors (Lipinski definition) is 1. The molecule has 114 valence electrons. The van der Waals surface area contributed by atoms with Gasteiger partial charge in [-0.15, -0.1) is 0 Å². The first-order chi connectivity index (χ1) is 9.55. The highest BCUT2D eigenvalue weighted by atomic mass is 16.5. The topological polar surface area (TPSA) is 24.5 Å². The van der Waals surface area contributed by atoms with Crippen molar-refractivity contribution < 1.29 is 4.74 Å². The molecule has 1 atom stereocenters. The Morgan fingerprint density at radius 1 is 1.10 bits per heavy atom. The minimum Gasteiger partial charge on any atom is -0.494 e. The quantitative estimate of drug-likeness (QED) is 0.788. The van der Waals surface area contributed by atoms with Crippen LogP contribution in [0.3, 0.4) is 0 Å². The van der Waals surface area contributed by atoms with E-state index in [1.807, 2.05) is 14.0 Å². The predicted molar refractivity (Wildman–Crippen MR) is 86.4 cm³/mol. The standard InChI is InChI=1S/C17H30N2O/c1-7-17(8-2,19(5)6)16(18-4)14-10-12-15(13-11-14)20-9-3/h10-13,16,18H,7-9H2,1-6H3. The second-order valence-corrected chi connectivity index (χ2v) is 5.43. The molecule has 1 N–H and O–H groups in total. The fourth-order valence-corrected chi connectivity index (χ4v) is 3.22. The molecule has 0 aliphatic carbocycles. The van der Waals surface area contributed by atoms with Crippen molar-refractivity contribution in [2.45, 2.75) is 45.2 Å². The van der Waals surface area contributed by atoms with Gasteiger partial charge < -0.3 is 15.0 Å². The van der Waals surface area contributed by atoms with Gasteiger partial charge in [-0.3, -0.25) is 0 Å². The van der Waals surface area contributed by atoms with Crippen LogP contribution in [0.15, 0.2) is 24.3 Å². The van der Waals surface area contributed by atoms with Crippen molar-refractivity contribution in [1.29, 1.82) is 0 Å². The maximum Gasteiger partial charge on any atom is 0.119 e. The predicted octanol–water partition coefficient (Wildman–Crippen LogP) is 3.47. The summed E-state index contributed by atoms with van der Waals surface area (Å²) in [6.07, 6.45) is 2.21. The zero-order valence-electron chi connectivity index (χ0n) is 13.9. The fourth-order valence-electron chi connectivity index (χ4n) is 3.22. The lowest BCUT2D eigenvalue weighted by Crippen LogP contribution is -2.52. The molecular formula is C17H30N2O. The summed E-state index contributed by atoms with van der Waals surface area (Å²) in [4.78, 5) is 2.35. The molecule has 0 aliphatic rings. The third-order valence-corrected chi connectivity index (χ3v) is 4.47. The number of nitrogens with zero attached hydrogens (tertiary/aromatic N) is 1. The SMILES string of the molecule is CCOc1ccc(C(NC)C(CC)(CC)N(C)C)cc1. The maximum absolute atomic E-state index is 5.53. The third kappa shape index (κ3) is 3.33. The lowest BCUT2D eigenvalue weighted by atomic mass is 9.79. The Bertz CT molecular complexity index is 382. The Kier molecular flexibility index (Phi) is 6.50. The summed E-state index contributed by atoms with van der Waals surface area (Å²) < 4.78 is 5.53. The monoisotopic (exact) mass is 278 g/mol. The van der Waals surface area contributed by atoms with E-state index in [-0.39, 0.29) is 5.54 Å². The number of rotatable bonds is 8. The van der Waals surface area contributed by atoms with E-state index in [4.69, 9.17) is 4.74 Å². The van der Waals surface area contributed by atoms with Gasteiger partial charge in [0.1, 0.15) is 5.75 Å². The normalized spacial score (nSPS) is 13.6. The lowest BCUT2D eigenvalue weighted by molar-refractivity contribution is 0.0917. The highest BCUT2D eigenvalue weighted by Gasteiger charge is 2.37. The van der Waals surface area contributed by atoms with E-state index >= 15 is 0 Å². The first-order valence-electron chi connectivity index (χ1n) is 7.63. The molecule has 0 saturated carbocycles. The molecule has 3 nitrogen and oxygen atoms in total. The molecule has 1 rings (SSSR count). The van der Waals surface area contributed by atoms with E-state index in [1.165, 1.54) is 5.56 Å². The third-order valence-electron chi connectivity index (χ3n) is 4.47. The van der Waals surface area contributed by atoms with Gasteiger partial charge in [-0.1, -0.05) is 26.0 Å². The Morgan fingerprint density at radius 2 is 1.65 bits per heavy atom. The molecule has 1 aromatic rings. The summed E-state index contributed by atoms with van der Waals surface area (Å²) in [5.74, 6) is 0.939. The van der Waals surface area contributed by atoms with E-state index < -0.39 is 0 Å². The highest BCUT2D eigenvalue weighted by molar-refractivity contribution is 5.31. The Hall–Kier alpha value is -1.06. The number of likely N-dealkylation sites (N-methyl/N-ethyl adjacent to an activating group) is 2. The molecule has 0 aliphatic heterocycles. The highest BCUT2D eigenvalue weighted by Crippen LogP contribution is 2.36. The Labute approximate surface area is 124 Å². The van der Waals surface area contributed by atoms with Crippen molar-refractivity contribution in [2.24, 2.45) is 0 Å². The van der Waals surface area contributed by atoms with E-state index in [1.54, 1.807) is 0 Å². The molecule has 0 heterocycles. The van der Waals surface area contributed by atoms with Gasteiger partial charge in [0.05, 0.1) is 12.6 Å². The van der Waals surface area contributed by atoms with Crippen LogP contribution in [0, 0.1) is 0 Å². The summed E-state index contributed by atoms with van der Waals surface area (Å²) in [6.45, 7) is 7.25. The summed E-state index contributed by atoms with van der Waals surface area (Å²) in [5, 5.41) is 3.51. The zero-order chi connectivity index (χ0) is 15.2. The average molecular weight is 278 g/mol. The molecule has 0 radical (unpaired) electrons. The van der Waals surface area contributed by atoms with Crippen molar-refractivity contribution in [2.75, 3.05) is 27.7 Å². The minimum absolute atomic E-state index is 0.127. The molecule has 1 unspecified atom stereocenters. The van der Waals surface area contributed by atoms with Crippen LogP contribution < -0.4 is 10.1 Å². The fraction of sp³-hybridized carbons (Fsp3) is 0.647. The number of ether oxygens (including phenoxy) is 1. The minimum atomic E-state index is 0.127. The van der Waals surface area contributed by atoms with E-state index in [0.717, 1.165) is 18.6 Å². The van der Waals surface area contributed by atoms with Gasteiger partial charge in [0, 0.05) is 5.54 Å². The van der Waals surface area contributed by atoms with Gasteiger partial charge in [-0.05, 0) is 58.6 Å². The van der Waals surface area contributed by atoms with Gasteiger partial charge in [0.25, 0.3) is 0 Å². The second kappa shape index (κ2) is 7.65. The van der Waals surface area contributed by atoms with Crippen LogP contribution >= 0.6 is 0 Å². The molecular weight excluding hydrogens is 248 g/mol. The van der Waals surface area contributed by atoms with Gasteiger partial charge >= 0.3 is 0 Å². The first-order valence-corrected chi connectivity index (χ1v) is 7.63. The van der Waals surface area contributed by atoms with Crippen LogP contribution in [-0.4, -0.2) is 38.2 Å². The lowest BCUT2D eigenvalue weighted by Gasteiger charge is -2.45. The smallest absolute Gasteiger partial charge is 0.119 e. The molecule has 0 aromatic heterocycles. The molecule has 0 amide bonds. The number of hydrogen-bond acceptors (Lipinski definition) is 3. The Balaban J connectivity index is 3.10. The molecule has 0 saturated heterocycles. The molecule has 0 bridgehead atoms. The molecule has 1 aromatic carbocycles. The molecule has 0 fully saturated rings. The van der Waals surface area contributed by atoms with Gasteiger partial charge in [-0.25, -0.2) is 0 Å². The average Bonchev–Trinajstić information content (AvgIpc) is 2.46. The molecule has 0 spiro atoms. The summed E-state index contributed by atoms with van der Waals surface area (Å²) in [5.41, 5.74) is 1.44. The molecule has 3 heteroatoms. The van der Waals surface area contributed by atoms with Crippen molar-refractivity contribution in [3.05, 3.63) is 29.8 Å². The number of nitrogens with one attached hydrogen (secondary N) is 1. The Morgan fingerprint density at radius 3 is 2.00 bits per heavy atom. The first kappa shape index (κ1) is 17.0. The van der Waals surface area contributed by atoms with Crippen LogP contribution in [-0.2, 0) is 0 Å². The van der Waals surface area contributed by atoms with Crippen LogP contribution in [0.2, 0.25) is 0 Å². The summed E-state index contributed by atoms with van der Waals surface area (Å²) in [7, 11) is 6.39. The van der Waals surface area contributed by atoms with E-state index in [9.17, 15) is 0 Å². The van der Waals surface area contributed by atoms with Gasteiger partial charge in [-0.2, -0.15) is 0 Å². The van der Waals surface area contributed by atoms with Crippen LogP contribution in [0.1, 0.15) is 45.2 Å². The largest absolute Gasteiger partial charge is 0.494 e. The number of benzene rings is 1. The van der Waals surface area contributed by atoms with Crippen molar-refractivity contribution in [3.63, 3.8) is 0 Å². The second-order valence-electron chi connectivity index (χ2n) is 5.43.